The van der Waals surface area contributed by atoms with Gasteiger partial charge in [-0.05, 0) is 61.4 Å². The molecule has 0 atom stereocenters. The van der Waals surface area contributed by atoms with Crippen LogP contribution in [0.15, 0.2) is 71.6 Å². The van der Waals surface area contributed by atoms with Crippen LogP contribution in [0.4, 0.5) is 11.4 Å². The summed E-state index contributed by atoms with van der Waals surface area (Å²) in [4.78, 5) is 26.0. The first-order valence-electron chi connectivity index (χ1n) is 12.8. The molecule has 2 N–H and O–H groups in total. The van der Waals surface area contributed by atoms with Gasteiger partial charge in [-0.15, -0.1) is 0 Å². The molecule has 206 valence electrons. The Hall–Kier alpha value is -4.05. The highest BCUT2D eigenvalue weighted by molar-refractivity contribution is 7.92. The first-order valence-corrected chi connectivity index (χ1v) is 14.2. The molecule has 9 nitrogen and oxygen atoms in total. The van der Waals surface area contributed by atoms with E-state index in [1.807, 2.05) is 0 Å². The smallest absolute Gasteiger partial charge is 0.264 e. The molecule has 3 aromatic carbocycles. The van der Waals surface area contributed by atoms with E-state index in [1.54, 1.807) is 36.4 Å². The topological polar surface area (TPSA) is 114 Å². The van der Waals surface area contributed by atoms with Gasteiger partial charge in [-0.25, -0.2) is 8.42 Å². The molecule has 1 aliphatic rings. The summed E-state index contributed by atoms with van der Waals surface area (Å²) in [5.74, 6) is 0.0919. The number of sulfonamides is 1. The summed E-state index contributed by atoms with van der Waals surface area (Å²) >= 11 is 0. The van der Waals surface area contributed by atoms with Crippen LogP contribution in [0.3, 0.4) is 0 Å². The number of benzene rings is 3. The second-order valence-corrected chi connectivity index (χ2v) is 11.3. The molecule has 0 aliphatic heterocycles. The van der Waals surface area contributed by atoms with Crippen molar-refractivity contribution >= 4 is 33.2 Å². The van der Waals surface area contributed by atoms with Crippen molar-refractivity contribution in [2.75, 3.05) is 30.9 Å². The number of hydrogen-bond acceptors (Lipinski definition) is 6. The van der Waals surface area contributed by atoms with Crippen molar-refractivity contribution in [3.05, 3.63) is 77.9 Å². The van der Waals surface area contributed by atoms with E-state index in [9.17, 15) is 18.0 Å². The number of carbonyl (C=O) groups excluding carboxylic acids is 2. The summed E-state index contributed by atoms with van der Waals surface area (Å²) in [5, 5.41) is 5.90. The molecule has 0 saturated heterocycles. The van der Waals surface area contributed by atoms with E-state index in [0.29, 0.717) is 34.0 Å². The molecule has 1 aliphatic carbocycles. The lowest BCUT2D eigenvalue weighted by atomic mass is 9.95. The quantitative estimate of drug-likeness (QED) is 0.393. The van der Waals surface area contributed by atoms with Crippen molar-refractivity contribution in [1.82, 2.24) is 5.32 Å². The van der Waals surface area contributed by atoms with Gasteiger partial charge in [0.2, 0.25) is 0 Å². The monoisotopic (exact) mass is 551 g/mol. The maximum absolute atomic E-state index is 13.2. The zero-order valence-corrected chi connectivity index (χ0v) is 23.1. The molecule has 39 heavy (non-hydrogen) atoms. The normalized spacial score (nSPS) is 13.8. The number of ether oxygens (including phenoxy) is 2. The SMILES string of the molecule is COc1ccc(S(=O)(=O)N(C)c2ccc(C(=O)Nc3ccccc3C(=O)NC3CCCCC3)cc2)cc1OC. The number of nitrogens with one attached hydrogen (secondary N) is 2. The molecule has 10 heteroatoms. The first kappa shape index (κ1) is 28.0. The zero-order chi connectivity index (χ0) is 28.0. The van der Waals surface area contributed by atoms with Gasteiger partial charge in [0, 0.05) is 24.7 Å². The van der Waals surface area contributed by atoms with Crippen LogP contribution in [-0.4, -0.2) is 47.5 Å². The fourth-order valence-electron chi connectivity index (χ4n) is 4.59. The Morgan fingerprint density at radius 2 is 1.51 bits per heavy atom. The molecule has 0 radical (unpaired) electrons. The number of hydrogen-bond donors (Lipinski definition) is 2. The Labute approximate surface area is 229 Å². The molecular formula is C29H33N3O6S. The summed E-state index contributed by atoms with van der Waals surface area (Å²) < 4.78 is 38.0. The van der Waals surface area contributed by atoms with E-state index in [2.05, 4.69) is 10.6 Å². The molecule has 1 fully saturated rings. The average molecular weight is 552 g/mol. The highest BCUT2D eigenvalue weighted by atomic mass is 32.2. The molecule has 0 bridgehead atoms. The second kappa shape index (κ2) is 12.2. The predicted molar refractivity (Wildman–Crippen MR) is 150 cm³/mol. The highest BCUT2D eigenvalue weighted by Crippen LogP contribution is 2.32. The van der Waals surface area contributed by atoms with E-state index in [4.69, 9.17) is 9.47 Å². The van der Waals surface area contributed by atoms with E-state index in [0.717, 1.165) is 30.0 Å². The second-order valence-electron chi connectivity index (χ2n) is 9.34. The van der Waals surface area contributed by atoms with Crippen LogP contribution >= 0.6 is 0 Å². The van der Waals surface area contributed by atoms with Crippen LogP contribution in [0.2, 0.25) is 0 Å². The van der Waals surface area contributed by atoms with Crippen molar-refractivity contribution in [3.8, 4) is 11.5 Å². The third-order valence-corrected chi connectivity index (χ3v) is 8.65. The predicted octanol–water partition coefficient (Wildman–Crippen LogP) is 4.84. The first-order chi connectivity index (χ1) is 18.7. The Balaban J connectivity index is 1.47. The van der Waals surface area contributed by atoms with E-state index in [1.165, 1.54) is 58.0 Å². The highest BCUT2D eigenvalue weighted by Gasteiger charge is 2.24. The molecule has 4 rings (SSSR count). The molecule has 0 unspecified atom stereocenters. The Morgan fingerprint density at radius 3 is 2.18 bits per heavy atom. The van der Waals surface area contributed by atoms with Crippen LogP contribution in [-0.2, 0) is 10.0 Å². The number of anilines is 2. The van der Waals surface area contributed by atoms with Gasteiger partial charge in [-0.1, -0.05) is 31.4 Å². The van der Waals surface area contributed by atoms with Gasteiger partial charge in [0.15, 0.2) is 11.5 Å². The third-order valence-electron chi connectivity index (χ3n) is 6.87. The summed E-state index contributed by atoms with van der Waals surface area (Å²) in [7, 11) is 0.434. The molecular weight excluding hydrogens is 518 g/mol. The van der Waals surface area contributed by atoms with Gasteiger partial charge in [-0.3, -0.25) is 13.9 Å². The maximum Gasteiger partial charge on any atom is 0.264 e. The number of nitrogens with zero attached hydrogens (tertiary/aromatic N) is 1. The summed E-state index contributed by atoms with van der Waals surface area (Å²) in [6, 6.07) is 17.6. The number of carbonyl (C=O) groups is 2. The minimum absolute atomic E-state index is 0.0348. The van der Waals surface area contributed by atoms with Crippen molar-refractivity contribution in [2.24, 2.45) is 0 Å². The maximum atomic E-state index is 13.2. The van der Waals surface area contributed by atoms with E-state index < -0.39 is 15.9 Å². The third kappa shape index (κ3) is 6.34. The Morgan fingerprint density at radius 1 is 0.846 bits per heavy atom. The van der Waals surface area contributed by atoms with E-state index >= 15 is 0 Å². The molecule has 2 amide bonds. The summed E-state index contributed by atoms with van der Waals surface area (Å²) in [5.41, 5.74) is 1.49. The lowest BCUT2D eigenvalue weighted by molar-refractivity contribution is 0.0928. The fraction of sp³-hybridized carbons (Fsp3) is 0.310. The Kier molecular flexibility index (Phi) is 8.75. The number of rotatable bonds is 9. The summed E-state index contributed by atoms with van der Waals surface area (Å²) in [6.07, 6.45) is 5.32. The van der Waals surface area contributed by atoms with Crippen LogP contribution in [0, 0.1) is 0 Å². The van der Waals surface area contributed by atoms with Crippen molar-refractivity contribution in [1.29, 1.82) is 0 Å². The molecule has 0 spiro atoms. The molecule has 3 aromatic rings. The lowest BCUT2D eigenvalue weighted by Gasteiger charge is -2.23. The lowest BCUT2D eigenvalue weighted by Crippen LogP contribution is -2.36. The average Bonchev–Trinajstić information content (AvgIpc) is 2.97. The van der Waals surface area contributed by atoms with Gasteiger partial charge < -0.3 is 20.1 Å². The van der Waals surface area contributed by atoms with Crippen LogP contribution in [0.5, 0.6) is 11.5 Å². The minimum atomic E-state index is -3.91. The van der Waals surface area contributed by atoms with Crippen molar-refractivity contribution in [2.45, 2.75) is 43.0 Å². The van der Waals surface area contributed by atoms with Crippen LogP contribution in [0.25, 0.3) is 0 Å². The minimum Gasteiger partial charge on any atom is -0.493 e. The van der Waals surface area contributed by atoms with E-state index in [-0.39, 0.29) is 16.8 Å². The summed E-state index contributed by atoms with van der Waals surface area (Å²) in [6.45, 7) is 0. The standard InChI is InChI=1S/C29H33N3O6S/c1-32(39(35,36)23-17-18-26(37-2)27(19-23)38-3)22-15-13-20(14-16-22)28(33)31-25-12-8-7-11-24(25)29(34)30-21-9-5-4-6-10-21/h7-8,11-19,21H,4-6,9-10H2,1-3H3,(H,30,34)(H,31,33). The zero-order valence-electron chi connectivity index (χ0n) is 22.3. The van der Waals surface area contributed by atoms with Crippen molar-refractivity contribution in [3.63, 3.8) is 0 Å². The fourth-order valence-corrected chi connectivity index (χ4v) is 5.80. The number of methoxy groups -OCH3 is 2. The molecule has 0 heterocycles. The van der Waals surface area contributed by atoms with Gasteiger partial charge >= 0.3 is 0 Å². The number of amides is 2. The molecule has 0 aromatic heterocycles. The van der Waals surface area contributed by atoms with Gasteiger partial charge in [0.05, 0.1) is 36.1 Å². The van der Waals surface area contributed by atoms with Crippen LogP contribution < -0.4 is 24.4 Å². The van der Waals surface area contributed by atoms with Gasteiger partial charge in [-0.2, -0.15) is 0 Å². The van der Waals surface area contributed by atoms with Crippen LogP contribution in [0.1, 0.15) is 52.8 Å². The largest absolute Gasteiger partial charge is 0.493 e. The van der Waals surface area contributed by atoms with Gasteiger partial charge in [0.25, 0.3) is 21.8 Å². The number of para-hydroxylation sites is 1. The molecule has 1 saturated carbocycles. The van der Waals surface area contributed by atoms with Crippen molar-refractivity contribution < 1.29 is 27.5 Å². The van der Waals surface area contributed by atoms with Gasteiger partial charge in [0.1, 0.15) is 0 Å². The Bertz CT molecular complexity index is 1430.